The van der Waals surface area contributed by atoms with Crippen LogP contribution >= 0.6 is 50.7 Å². The molecule has 2 aromatic carbocycles. The molecule has 1 saturated carbocycles. The van der Waals surface area contributed by atoms with Crippen LogP contribution in [0.3, 0.4) is 0 Å². The van der Waals surface area contributed by atoms with E-state index < -0.39 is 51.1 Å². The molecule has 2 aromatic rings. The number of fused-ring (bicyclic) bond motifs is 4. The summed E-state index contributed by atoms with van der Waals surface area (Å²) in [6, 6.07) is 9.84. The van der Waals surface area contributed by atoms with Crippen molar-refractivity contribution in [2.45, 2.75) is 42.4 Å². The highest BCUT2D eigenvalue weighted by atomic mass is 79.9. The van der Waals surface area contributed by atoms with Crippen LogP contribution in [0.25, 0.3) is 0 Å². The van der Waals surface area contributed by atoms with Gasteiger partial charge in [-0.25, -0.2) is 4.90 Å². The Morgan fingerprint density at radius 2 is 1.81 bits per heavy atom. The van der Waals surface area contributed by atoms with Gasteiger partial charge in [0.1, 0.15) is 0 Å². The Labute approximate surface area is 265 Å². The van der Waals surface area contributed by atoms with Gasteiger partial charge in [-0.05, 0) is 56.4 Å². The van der Waals surface area contributed by atoms with Gasteiger partial charge in [0.25, 0.3) is 11.8 Å². The summed E-state index contributed by atoms with van der Waals surface area (Å²) < 4.78 is 5.61. The standard InChI is InChI=1S/C30H26BrCl3N2O6/c1-3-42-21-6-4-5-18(24(21)37)23-16-9-10-17-22(26(39)36(25(17)38)15-8-7-14(2)20(32)11-15)19(16)12-29(33)27(40)35(13-31)28(41)30(23,29)34/h4-9,11,17,19,22-23,37H,3,10,12-13H2,1-2H3/t17-,19+,22-,23+,29+,30-/m0/s1. The van der Waals surface area contributed by atoms with Crippen LogP contribution in [-0.2, 0) is 19.2 Å². The topological polar surface area (TPSA) is 104 Å². The number of rotatable bonds is 5. The molecule has 0 unspecified atom stereocenters. The highest BCUT2D eigenvalue weighted by molar-refractivity contribution is 9.09. The molecule has 2 heterocycles. The minimum Gasteiger partial charge on any atom is -0.504 e. The van der Waals surface area contributed by atoms with Gasteiger partial charge in [-0.3, -0.25) is 24.1 Å². The molecule has 220 valence electrons. The predicted octanol–water partition coefficient (Wildman–Crippen LogP) is 5.67. The first kappa shape index (κ1) is 29.5. The Morgan fingerprint density at radius 1 is 1.07 bits per heavy atom. The van der Waals surface area contributed by atoms with Crippen molar-refractivity contribution < 1.29 is 29.0 Å². The summed E-state index contributed by atoms with van der Waals surface area (Å²) >= 11 is 24.0. The van der Waals surface area contributed by atoms with Crippen molar-refractivity contribution in [3.8, 4) is 11.5 Å². The molecule has 6 rings (SSSR count). The smallest absolute Gasteiger partial charge is 0.254 e. The average molecular weight is 697 g/mol. The summed E-state index contributed by atoms with van der Waals surface area (Å²) in [5.74, 6) is -5.68. The Hall–Kier alpha value is -2.59. The summed E-state index contributed by atoms with van der Waals surface area (Å²) in [7, 11) is 0. The second kappa shape index (κ2) is 10.3. The molecule has 0 radical (unpaired) electrons. The van der Waals surface area contributed by atoms with E-state index in [2.05, 4.69) is 15.9 Å². The van der Waals surface area contributed by atoms with Crippen molar-refractivity contribution in [1.82, 2.24) is 4.90 Å². The van der Waals surface area contributed by atoms with Gasteiger partial charge in [-0.1, -0.05) is 57.4 Å². The number of allylic oxidation sites excluding steroid dienone is 2. The average Bonchev–Trinajstić information content (AvgIpc) is 3.29. The Kier molecular flexibility index (Phi) is 7.20. The molecule has 6 atom stereocenters. The number of hydrogen-bond donors (Lipinski definition) is 1. The Balaban J connectivity index is 1.53. The molecule has 2 aliphatic carbocycles. The van der Waals surface area contributed by atoms with Gasteiger partial charge in [0, 0.05) is 16.5 Å². The number of para-hydroxylation sites is 1. The predicted molar refractivity (Wildman–Crippen MR) is 161 cm³/mol. The Morgan fingerprint density at radius 3 is 2.48 bits per heavy atom. The second-order valence-electron chi connectivity index (χ2n) is 11.1. The largest absolute Gasteiger partial charge is 0.504 e. The van der Waals surface area contributed by atoms with Crippen LogP contribution in [0, 0.1) is 24.7 Å². The van der Waals surface area contributed by atoms with Gasteiger partial charge in [-0.2, -0.15) is 0 Å². The molecule has 0 spiro atoms. The number of anilines is 1. The van der Waals surface area contributed by atoms with Crippen molar-refractivity contribution >= 4 is 80.0 Å². The fourth-order valence-corrected chi connectivity index (χ4v) is 8.71. The van der Waals surface area contributed by atoms with E-state index in [9.17, 15) is 24.3 Å². The zero-order valence-corrected chi connectivity index (χ0v) is 26.4. The van der Waals surface area contributed by atoms with Crippen LogP contribution in [0.15, 0.2) is 48.0 Å². The lowest BCUT2D eigenvalue weighted by molar-refractivity contribution is -0.138. The molecule has 0 bridgehead atoms. The van der Waals surface area contributed by atoms with E-state index in [-0.39, 0.29) is 47.9 Å². The maximum atomic E-state index is 14.1. The number of benzene rings is 2. The zero-order valence-electron chi connectivity index (χ0n) is 22.6. The number of halogens is 4. The molecule has 42 heavy (non-hydrogen) atoms. The quantitative estimate of drug-likeness (QED) is 0.187. The summed E-state index contributed by atoms with van der Waals surface area (Å²) in [5, 5.41) is 11.8. The third-order valence-electron chi connectivity index (χ3n) is 9.07. The molecule has 1 N–H and O–H groups in total. The molecular formula is C30H26BrCl3N2O6. The number of carbonyl (C=O) groups excluding carboxylic acids is 4. The Bertz CT molecular complexity index is 1600. The number of ether oxygens (including phenoxy) is 1. The van der Waals surface area contributed by atoms with E-state index in [0.29, 0.717) is 16.3 Å². The normalized spacial score (nSPS) is 32.1. The number of alkyl halides is 3. The number of imide groups is 2. The molecule has 4 amide bonds. The first-order valence-corrected chi connectivity index (χ1v) is 15.8. The molecule has 2 saturated heterocycles. The first-order valence-electron chi connectivity index (χ1n) is 13.5. The number of phenolic OH excluding ortho intramolecular Hbond substituents is 1. The molecule has 8 nitrogen and oxygen atoms in total. The number of aromatic hydroxyl groups is 1. The molecule has 2 aliphatic heterocycles. The summed E-state index contributed by atoms with van der Waals surface area (Å²) in [6.07, 6.45) is 1.87. The van der Waals surface area contributed by atoms with E-state index in [1.54, 1.807) is 43.3 Å². The number of carbonyl (C=O) groups is 4. The van der Waals surface area contributed by atoms with Crippen LogP contribution in [0.1, 0.15) is 36.8 Å². The third kappa shape index (κ3) is 3.79. The number of phenols is 1. The van der Waals surface area contributed by atoms with Crippen molar-refractivity contribution in [2.24, 2.45) is 17.8 Å². The van der Waals surface area contributed by atoms with Gasteiger partial charge < -0.3 is 9.84 Å². The monoisotopic (exact) mass is 694 g/mol. The lowest BCUT2D eigenvalue weighted by Gasteiger charge is -2.50. The number of nitrogens with zero attached hydrogens (tertiary/aromatic N) is 2. The fourth-order valence-electron chi connectivity index (χ4n) is 7.12. The summed E-state index contributed by atoms with van der Waals surface area (Å²) in [6.45, 7) is 3.86. The van der Waals surface area contributed by atoms with Gasteiger partial charge in [0.2, 0.25) is 11.8 Å². The zero-order chi connectivity index (χ0) is 30.3. The molecular weight excluding hydrogens is 671 g/mol. The molecule has 4 aliphatic rings. The van der Waals surface area contributed by atoms with Crippen molar-refractivity contribution in [1.29, 1.82) is 0 Å². The lowest BCUT2D eigenvalue weighted by Crippen LogP contribution is -2.60. The van der Waals surface area contributed by atoms with E-state index in [4.69, 9.17) is 39.5 Å². The minimum absolute atomic E-state index is 0.138. The fraction of sp³-hybridized carbons (Fsp3) is 0.400. The van der Waals surface area contributed by atoms with Gasteiger partial charge >= 0.3 is 0 Å². The SMILES string of the molecule is CCOc1cccc([C@H]2C3=CC[C@@H]4C(=O)N(c5ccc(C)c(Cl)c5)C(=O)[C@@H]4[C@@H]3C[C@@]3(Cl)C(=O)N(CBr)C(=O)[C@@]23Cl)c1O. The number of aryl methyl sites for hydroxylation is 1. The van der Waals surface area contributed by atoms with Crippen LogP contribution in [0.4, 0.5) is 5.69 Å². The summed E-state index contributed by atoms with van der Waals surface area (Å²) in [4.78, 5) is 53.6. The molecule has 0 aromatic heterocycles. The van der Waals surface area contributed by atoms with Crippen LogP contribution in [-0.4, -0.2) is 55.4 Å². The number of likely N-dealkylation sites (tertiary alicyclic amines) is 1. The highest BCUT2D eigenvalue weighted by Crippen LogP contribution is 2.66. The number of amides is 4. The van der Waals surface area contributed by atoms with Gasteiger partial charge in [-0.15, -0.1) is 23.2 Å². The second-order valence-corrected chi connectivity index (χ2v) is 13.2. The van der Waals surface area contributed by atoms with Gasteiger partial charge in [0.05, 0.1) is 29.6 Å². The third-order valence-corrected chi connectivity index (χ3v) is 11.4. The molecule has 12 heteroatoms. The van der Waals surface area contributed by atoms with E-state index >= 15 is 0 Å². The van der Waals surface area contributed by atoms with E-state index in [0.717, 1.165) is 15.4 Å². The maximum absolute atomic E-state index is 14.1. The highest BCUT2D eigenvalue weighted by Gasteiger charge is 2.76. The minimum atomic E-state index is -2.02. The van der Waals surface area contributed by atoms with Crippen LogP contribution in [0.5, 0.6) is 11.5 Å². The first-order chi connectivity index (χ1) is 19.9. The van der Waals surface area contributed by atoms with E-state index in [1.807, 2.05) is 13.0 Å². The van der Waals surface area contributed by atoms with Crippen molar-refractivity contribution in [2.75, 3.05) is 17.0 Å². The van der Waals surface area contributed by atoms with Crippen molar-refractivity contribution in [3.05, 3.63) is 64.2 Å². The van der Waals surface area contributed by atoms with Crippen LogP contribution < -0.4 is 9.64 Å². The lowest BCUT2D eigenvalue weighted by atomic mass is 9.56. The van der Waals surface area contributed by atoms with Crippen LogP contribution in [0.2, 0.25) is 5.02 Å². The van der Waals surface area contributed by atoms with Crippen molar-refractivity contribution in [3.63, 3.8) is 0 Å². The molecule has 3 fully saturated rings. The maximum Gasteiger partial charge on any atom is 0.254 e. The number of hydrogen-bond acceptors (Lipinski definition) is 6. The summed E-state index contributed by atoms with van der Waals surface area (Å²) in [5.41, 5.74) is 1.84. The van der Waals surface area contributed by atoms with Gasteiger partial charge in [0.15, 0.2) is 21.2 Å². The van der Waals surface area contributed by atoms with E-state index in [1.165, 1.54) is 0 Å².